The third-order valence-electron chi connectivity index (χ3n) is 16.3. The number of hydrogen-bond donors (Lipinski definition) is 3. The summed E-state index contributed by atoms with van der Waals surface area (Å²) in [7, 11) is 1.51. The first-order valence-electron chi connectivity index (χ1n) is 38.7. The van der Waals surface area contributed by atoms with Crippen LogP contribution in [0.4, 0.5) is 0 Å². The summed E-state index contributed by atoms with van der Waals surface area (Å²) >= 11 is 0. The lowest BCUT2D eigenvalue weighted by Crippen LogP contribution is -2.45. The van der Waals surface area contributed by atoms with Gasteiger partial charge in [-0.05, 0) is 135 Å². The van der Waals surface area contributed by atoms with E-state index in [9.17, 15) is 19.4 Å². The van der Waals surface area contributed by atoms with Gasteiger partial charge in [-0.3, -0.25) is 13.8 Å². The monoisotopic (exact) mass is 1330 g/mol. The maximum Gasteiger partial charge on any atom is 0.472 e. The van der Waals surface area contributed by atoms with Gasteiger partial charge in [0.15, 0.2) is 0 Å². The molecule has 95 heavy (non-hydrogen) atoms. The van der Waals surface area contributed by atoms with E-state index < -0.39 is 20.0 Å². The van der Waals surface area contributed by atoms with Crippen LogP contribution < -0.4 is 5.32 Å². The number of nitrogens with zero attached hydrogens (tertiary/aromatic N) is 1. The van der Waals surface area contributed by atoms with E-state index in [0.717, 1.165) is 135 Å². The Morgan fingerprint density at radius 3 is 0.968 bits per heavy atom. The van der Waals surface area contributed by atoms with Crippen molar-refractivity contribution in [3.8, 4) is 0 Å². The van der Waals surface area contributed by atoms with Crippen LogP contribution in [0.15, 0.2) is 182 Å². The molecule has 0 spiro atoms. The standard InChI is InChI=1S/C86H145N2O6P/c1-6-8-10-12-14-16-18-20-22-24-26-28-30-32-34-36-38-40-41-42-43-44-45-46-47-48-50-52-54-56-58-60-62-64-66-68-70-72-74-76-78-80-86(90)87-84(83-94-95(91,92)93-82-81-88(3,4)5)85(89)79-77-75-73-71-69-67-65-63-61-59-57-55-53-51-49-39-37-35-33-31-29-27-25-23-21-19-17-15-13-11-9-7-2/h8,10,14,16,20,22,26,28,32,34,38,40,42-43,45-46,48,50,54,56,60-63,66,68-69,71,77,79,84-85,89H,6-7,9,11-13,15,17-19,21,23-25,27,29-31,33,35-37,39,41,44,47,49,51-53,55,57-59,64-65,67,70,72-76,78,80-83H2,1-5H3,(H-,87,90,91,92)/p+1/b10-8-,16-14-,22-20-,28-26-,34-32-,40-38-,43-42-,46-45-,50-48-,56-54-,62-60-,63-61+,68-66-,71-69+,79-77+. The summed E-state index contributed by atoms with van der Waals surface area (Å²) in [4.78, 5) is 23.4. The zero-order chi connectivity index (χ0) is 69.0. The van der Waals surface area contributed by atoms with Crippen molar-refractivity contribution in [1.29, 1.82) is 0 Å². The lowest BCUT2D eigenvalue weighted by molar-refractivity contribution is -0.870. The molecular formula is C86H146N2O6P+. The van der Waals surface area contributed by atoms with Gasteiger partial charge in [-0.1, -0.05) is 344 Å². The summed E-state index contributed by atoms with van der Waals surface area (Å²) in [6, 6.07) is -0.900. The molecule has 0 aliphatic heterocycles. The minimum absolute atomic E-state index is 0.0385. The van der Waals surface area contributed by atoms with Crippen LogP contribution in [0.5, 0.6) is 0 Å². The molecule has 0 fully saturated rings. The third-order valence-corrected chi connectivity index (χ3v) is 17.3. The van der Waals surface area contributed by atoms with Crippen LogP contribution >= 0.6 is 7.82 Å². The molecule has 540 valence electrons. The summed E-state index contributed by atoms with van der Waals surface area (Å²) in [6.45, 7) is 4.66. The SMILES string of the molecule is CC/C=C\C/C=C\C/C=C\C/C=C\C/C=C\C/C=C\C/C=C\C/C=C\C/C=C\C/C=C\C/C=C\C/C=C\CCCCCCC(=O)NC(COP(=O)(O)OCC[N+](C)(C)C)C(O)/C=C/CC/C=C/CC/C=C/CCCCCCCCCCCCCCCCCCCCCCCC. The van der Waals surface area contributed by atoms with Crippen molar-refractivity contribution in [1.82, 2.24) is 5.32 Å². The maximum absolute atomic E-state index is 13.1. The normalized spacial score (nSPS) is 14.6. The maximum atomic E-state index is 13.1. The molecule has 3 atom stereocenters. The number of unbranched alkanes of at least 4 members (excludes halogenated alkanes) is 28. The van der Waals surface area contributed by atoms with E-state index in [1.807, 2.05) is 27.2 Å². The third kappa shape index (κ3) is 76.8. The van der Waals surface area contributed by atoms with E-state index >= 15 is 0 Å². The van der Waals surface area contributed by atoms with Crippen LogP contribution in [0.1, 0.15) is 303 Å². The number of phosphoric ester groups is 1. The van der Waals surface area contributed by atoms with E-state index in [1.54, 1.807) is 6.08 Å². The number of quaternary nitrogens is 1. The van der Waals surface area contributed by atoms with Crippen molar-refractivity contribution in [2.45, 2.75) is 315 Å². The van der Waals surface area contributed by atoms with E-state index in [-0.39, 0.29) is 19.1 Å². The zero-order valence-electron chi connectivity index (χ0n) is 61.8. The number of likely N-dealkylation sites (N-methyl/N-ethyl adjacent to an activating group) is 1. The van der Waals surface area contributed by atoms with Crippen LogP contribution in [-0.4, -0.2) is 73.4 Å². The van der Waals surface area contributed by atoms with Gasteiger partial charge in [0.2, 0.25) is 5.91 Å². The average molecular weight is 1340 g/mol. The van der Waals surface area contributed by atoms with E-state index in [2.05, 4.69) is 189 Å². The molecule has 1 amide bonds. The number of phosphoric acid groups is 1. The summed E-state index contributed by atoms with van der Waals surface area (Å²) < 4.78 is 23.8. The lowest BCUT2D eigenvalue weighted by atomic mass is 10.0. The van der Waals surface area contributed by atoms with Gasteiger partial charge in [0, 0.05) is 6.42 Å². The van der Waals surface area contributed by atoms with Crippen LogP contribution in [0.3, 0.4) is 0 Å². The van der Waals surface area contributed by atoms with Crippen molar-refractivity contribution in [2.75, 3.05) is 40.9 Å². The molecular weight excluding hydrogens is 1190 g/mol. The highest BCUT2D eigenvalue weighted by molar-refractivity contribution is 7.47. The minimum Gasteiger partial charge on any atom is -0.387 e. The summed E-state index contributed by atoms with van der Waals surface area (Å²) in [5.41, 5.74) is 0. The highest BCUT2D eigenvalue weighted by atomic mass is 31.2. The molecule has 9 heteroatoms. The van der Waals surface area contributed by atoms with Crippen LogP contribution in [0, 0.1) is 0 Å². The first-order valence-corrected chi connectivity index (χ1v) is 40.2. The van der Waals surface area contributed by atoms with Crippen molar-refractivity contribution in [3.63, 3.8) is 0 Å². The molecule has 8 nitrogen and oxygen atoms in total. The smallest absolute Gasteiger partial charge is 0.387 e. The van der Waals surface area contributed by atoms with Crippen LogP contribution in [0.25, 0.3) is 0 Å². The molecule has 0 aromatic rings. The number of rotatable bonds is 69. The van der Waals surface area contributed by atoms with E-state index in [1.165, 1.54) is 148 Å². The molecule has 0 rings (SSSR count). The van der Waals surface area contributed by atoms with Gasteiger partial charge in [0.1, 0.15) is 13.2 Å². The van der Waals surface area contributed by atoms with Gasteiger partial charge >= 0.3 is 7.82 Å². The zero-order valence-corrected chi connectivity index (χ0v) is 62.7. The molecule has 3 unspecified atom stereocenters. The van der Waals surface area contributed by atoms with Crippen molar-refractivity contribution < 1.29 is 32.9 Å². The number of aliphatic hydroxyl groups excluding tert-OH is 1. The summed E-state index contributed by atoms with van der Waals surface area (Å²) in [5, 5.41) is 14.0. The number of amides is 1. The number of allylic oxidation sites excluding steroid dienone is 29. The quantitative estimate of drug-likeness (QED) is 0.0243. The first kappa shape index (κ1) is 90.6. The molecule has 0 heterocycles. The number of aliphatic hydroxyl groups is 1. The Balaban J connectivity index is 4.22. The summed E-state index contributed by atoms with van der Waals surface area (Å²) in [5.74, 6) is -0.220. The molecule has 0 aromatic heterocycles. The molecule has 0 saturated carbocycles. The Kier molecular flexibility index (Phi) is 70.4. The van der Waals surface area contributed by atoms with Crippen molar-refractivity contribution >= 4 is 13.7 Å². The molecule has 0 aliphatic carbocycles. The molecule has 0 radical (unpaired) electrons. The predicted octanol–water partition coefficient (Wildman–Crippen LogP) is 25.6. The van der Waals surface area contributed by atoms with Crippen molar-refractivity contribution in [3.05, 3.63) is 182 Å². The molecule has 0 aromatic carbocycles. The Bertz CT molecular complexity index is 2210. The lowest BCUT2D eigenvalue weighted by Gasteiger charge is -2.25. The highest BCUT2D eigenvalue weighted by Crippen LogP contribution is 2.43. The van der Waals surface area contributed by atoms with Crippen LogP contribution in [-0.2, 0) is 18.4 Å². The van der Waals surface area contributed by atoms with Gasteiger partial charge in [-0.25, -0.2) is 4.57 Å². The van der Waals surface area contributed by atoms with Crippen LogP contribution in [0.2, 0.25) is 0 Å². The first-order chi connectivity index (χ1) is 46.5. The second kappa shape index (κ2) is 73.8. The fourth-order valence-corrected chi connectivity index (χ4v) is 11.1. The molecule has 3 N–H and O–H groups in total. The highest BCUT2D eigenvalue weighted by Gasteiger charge is 2.28. The predicted molar refractivity (Wildman–Crippen MR) is 419 cm³/mol. The number of nitrogens with one attached hydrogen (secondary N) is 1. The second-order valence-corrected chi connectivity index (χ2v) is 28.1. The fourth-order valence-electron chi connectivity index (χ4n) is 10.4. The second-order valence-electron chi connectivity index (χ2n) is 26.6. The van der Waals surface area contributed by atoms with E-state index in [0.29, 0.717) is 17.4 Å². The molecule has 0 aliphatic rings. The van der Waals surface area contributed by atoms with Gasteiger partial charge in [0.25, 0.3) is 0 Å². The molecule has 0 bridgehead atoms. The van der Waals surface area contributed by atoms with Crippen molar-refractivity contribution in [2.24, 2.45) is 0 Å². The Labute approximate surface area is 586 Å². The largest absolute Gasteiger partial charge is 0.472 e. The van der Waals surface area contributed by atoms with Gasteiger partial charge in [-0.2, -0.15) is 0 Å². The van der Waals surface area contributed by atoms with E-state index in [4.69, 9.17) is 9.05 Å². The fraction of sp³-hybridized carbons (Fsp3) is 0.640. The van der Waals surface area contributed by atoms with Gasteiger partial charge in [0.05, 0.1) is 39.9 Å². The molecule has 0 saturated heterocycles. The number of hydrogen-bond acceptors (Lipinski definition) is 5. The Morgan fingerprint density at radius 2 is 0.642 bits per heavy atom. The number of carbonyl (C=O) groups is 1. The minimum atomic E-state index is -4.39. The van der Waals surface area contributed by atoms with Gasteiger partial charge in [-0.15, -0.1) is 0 Å². The number of carbonyl (C=O) groups excluding carboxylic acids is 1. The summed E-state index contributed by atoms with van der Waals surface area (Å²) in [6.07, 6.45) is 118. The Morgan fingerprint density at radius 1 is 0.368 bits per heavy atom. The average Bonchev–Trinajstić information content (AvgIpc) is 2.01. The Hall–Kier alpha value is -4.40. The topological polar surface area (TPSA) is 105 Å². The van der Waals surface area contributed by atoms with Gasteiger partial charge < -0.3 is 19.8 Å².